The lowest BCUT2D eigenvalue weighted by atomic mass is 10.3. The van der Waals surface area contributed by atoms with Crippen LogP contribution < -0.4 is 5.32 Å². The number of pyridine rings is 1. The summed E-state index contributed by atoms with van der Waals surface area (Å²) >= 11 is 5.51. The van der Waals surface area contributed by atoms with Crippen molar-refractivity contribution in [1.82, 2.24) is 10.3 Å². The van der Waals surface area contributed by atoms with Crippen molar-refractivity contribution in [1.29, 1.82) is 0 Å². The molecular formula is C9H8ClFN2. The van der Waals surface area contributed by atoms with Crippen molar-refractivity contribution >= 4 is 11.6 Å². The summed E-state index contributed by atoms with van der Waals surface area (Å²) in [6.07, 6.45) is 1.35. The van der Waals surface area contributed by atoms with Crippen LogP contribution in [0.15, 0.2) is 12.3 Å². The maximum absolute atomic E-state index is 12.6. The first-order chi connectivity index (χ1) is 6.24. The third-order valence-corrected chi connectivity index (χ3v) is 1.56. The predicted molar refractivity (Wildman–Crippen MR) is 50.0 cm³/mol. The van der Waals surface area contributed by atoms with Crippen molar-refractivity contribution in [3.63, 3.8) is 0 Å². The van der Waals surface area contributed by atoms with E-state index in [1.54, 1.807) is 7.05 Å². The van der Waals surface area contributed by atoms with Crippen LogP contribution in [-0.2, 0) is 0 Å². The van der Waals surface area contributed by atoms with Gasteiger partial charge < -0.3 is 5.32 Å². The lowest BCUT2D eigenvalue weighted by Gasteiger charge is -1.92. The molecule has 1 aromatic rings. The van der Waals surface area contributed by atoms with Gasteiger partial charge in [0.15, 0.2) is 0 Å². The van der Waals surface area contributed by atoms with Gasteiger partial charge in [0.1, 0.15) is 0 Å². The lowest BCUT2D eigenvalue weighted by Crippen LogP contribution is -2.04. The summed E-state index contributed by atoms with van der Waals surface area (Å²) in [6, 6.07) is 1.45. The highest BCUT2D eigenvalue weighted by atomic mass is 35.5. The Balaban J connectivity index is 2.81. The Morgan fingerprint density at radius 1 is 1.69 bits per heavy atom. The summed E-state index contributed by atoms with van der Waals surface area (Å²) in [7, 11) is 1.80. The van der Waals surface area contributed by atoms with Gasteiger partial charge in [-0.25, -0.2) is 4.98 Å². The van der Waals surface area contributed by atoms with Crippen molar-refractivity contribution in [2.45, 2.75) is 0 Å². The summed E-state index contributed by atoms with van der Waals surface area (Å²) in [4.78, 5) is 3.44. The summed E-state index contributed by atoms with van der Waals surface area (Å²) < 4.78 is 12.6. The van der Waals surface area contributed by atoms with Crippen LogP contribution >= 0.6 is 11.6 Å². The maximum atomic E-state index is 12.6. The molecule has 0 aromatic carbocycles. The molecular weight excluding hydrogens is 191 g/mol. The second-order valence-electron chi connectivity index (χ2n) is 2.33. The molecule has 1 rings (SSSR count). The quantitative estimate of drug-likeness (QED) is 0.546. The molecule has 13 heavy (non-hydrogen) atoms. The van der Waals surface area contributed by atoms with Crippen LogP contribution in [0, 0.1) is 17.8 Å². The number of hydrogen-bond acceptors (Lipinski definition) is 2. The minimum Gasteiger partial charge on any atom is -0.309 e. The minimum atomic E-state index is -0.666. The van der Waals surface area contributed by atoms with Crippen LogP contribution in [0.1, 0.15) is 5.56 Å². The van der Waals surface area contributed by atoms with E-state index in [2.05, 4.69) is 22.1 Å². The number of nitrogens with one attached hydrogen (secondary N) is 1. The van der Waals surface area contributed by atoms with Crippen molar-refractivity contribution in [2.75, 3.05) is 13.6 Å². The van der Waals surface area contributed by atoms with Gasteiger partial charge >= 0.3 is 0 Å². The molecule has 0 bridgehead atoms. The second-order valence-corrected chi connectivity index (χ2v) is 2.74. The van der Waals surface area contributed by atoms with Crippen LogP contribution in [0.25, 0.3) is 0 Å². The molecule has 0 aliphatic heterocycles. The highest BCUT2D eigenvalue weighted by molar-refractivity contribution is 6.30. The van der Waals surface area contributed by atoms with Crippen molar-refractivity contribution in [3.8, 4) is 11.8 Å². The second kappa shape index (κ2) is 4.80. The lowest BCUT2D eigenvalue weighted by molar-refractivity contribution is 0.584. The van der Waals surface area contributed by atoms with E-state index >= 15 is 0 Å². The fraction of sp³-hybridized carbons (Fsp3) is 0.222. The van der Waals surface area contributed by atoms with Crippen molar-refractivity contribution in [2.24, 2.45) is 0 Å². The summed E-state index contributed by atoms with van der Waals surface area (Å²) in [6.45, 7) is 0.578. The summed E-state index contributed by atoms with van der Waals surface area (Å²) in [5.41, 5.74) is 0.613. The zero-order chi connectivity index (χ0) is 9.68. The highest BCUT2D eigenvalue weighted by Crippen LogP contribution is 2.12. The molecule has 2 nitrogen and oxygen atoms in total. The normalized spacial score (nSPS) is 9.15. The fourth-order valence-electron chi connectivity index (χ4n) is 0.724. The van der Waals surface area contributed by atoms with E-state index in [1.807, 2.05) is 0 Å². The Labute approximate surface area is 81.1 Å². The zero-order valence-corrected chi connectivity index (χ0v) is 7.82. The standard InChI is InChI=1S/C9H8ClFN2/c1-12-4-2-3-7-5-8(10)9(11)13-6-7/h5-6,12H,4H2,1H3. The SMILES string of the molecule is CNCC#Cc1cnc(F)c(Cl)c1. The average Bonchev–Trinajstić information content (AvgIpc) is 2.12. The van der Waals surface area contributed by atoms with Crippen LogP contribution in [0.3, 0.4) is 0 Å². The van der Waals surface area contributed by atoms with Crippen LogP contribution in [0.4, 0.5) is 4.39 Å². The number of nitrogens with zero attached hydrogens (tertiary/aromatic N) is 1. The first-order valence-electron chi connectivity index (χ1n) is 3.68. The van der Waals surface area contributed by atoms with E-state index in [1.165, 1.54) is 12.3 Å². The third-order valence-electron chi connectivity index (χ3n) is 1.29. The molecule has 0 aliphatic carbocycles. The Morgan fingerprint density at radius 3 is 3.08 bits per heavy atom. The van der Waals surface area contributed by atoms with Gasteiger partial charge in [0.05, 0.1) is 11.6 Å². The first-order valence-corrected chi connectivity index (χ1v) is 4.06. The van der Waals surface area contributed by atoms with Crippen molar-refractivity contribution < 1.29 is 4.39 Å². The summed E-state index contributed by atoms with van der Waals surface area (Å²) in [5.74, 6) is 4.94. The molecule has 1 aromatic heterocycles. The van der Waals surface area contributed by atoms with E-state index in [-0.39, 0.29) is 5.02 Å². The molecule has 0 atom stereocenters. The number of aromatic nitrogens is 1. The number of rotatable bonds is 1. The molecule has 0 saturated heterocycles. The topological polar surface area (TPSA) is 24.9 Å². The van der Waals surface area contributed by atoms with Gasteiger partial charge in [-0.05, 0) is 13.1 Å². The van der Waals surface area contributed by atoms with Crippen LogP contribution in [0.5, 0.6) is 0 Å². The number of halogens is 2. The molecule has 0 saturated carbocycles. The van der Waals surface area contributed by atoms with E-state index in [4.69, 9.17) is 11.6 Å². The molecule has 1 heterocycles. The van der Waals surface area contributed by atoms with Crippen LogP contribution in [0.2, 0.25) is 5.02 Å². The third kappa shape index (κ3) is 3.02. The van der Waals surface area contributed by atoms with Gasteiger partial charge in [-0.3, -0.25) is 0 Å². The molecule has 4 heteroatoms. The highest BCUT2D eigenvalue weighted by Gasteiger charge is 1.99. The molecule has 0 spiro atoms. The van der Waals surface area contributed by atoms with Gasteiger partial charge in [0, 0.05) is 11.8 Å². The smallest absolute Gasteiger partial charge is 0.231 e. The van der Waals surface area contributed by atoms with Gasteiger partial charge in [-0.15, -0.1) is 0 Å². The van der Waals surface area contributed by atoms with E-state index in [9.17, 15) is 4.39 Å². The average molecular weight is 199 g/mol. The molecule has 0 amide bonds. The monoisotopic (exact) mass is 198 g/mol. The molecule has 0 unspecified atom stereocenters. The summed E-state index contributed by atoms with van der Waals surface area (Å²) in [5, 5.41) is 2.86. The van der Waals surface area contributed by atoms with Crippen LogP contribution in [-0.4, -0.2) is 18.6 Å². The van der Waals surface area contributed by atoms with E-state index in [0.717, 1.165) is 0 Å². The van der Waals surface area contributed by atoms with E-state index < -0.39 is 5.95 Å². The minimum absolute atomic E-state index is 0.00347. The van der Waals surface area contributed by atoms with Gasteiger partial charge in [-0.2, -0.15) is 4.39 Å². The predicted octanol–water partition coefficient (Wildman–Crippen LogP) is 1.45. The Morgan fingerprint density at radius 2 is 2.46 bits per heavy atom. The van der Waals surface area contributed by atoms with Gasteiger partial charge in [-0.1, -0.05) is 23.4 Å². The van der Waals surface area contributed by atoms with Crippen molar-refractivity contribution in [3.05, 3.63) is 28.8 Å². The Hall–Kier alpha value is -1.11. The Kier molecular flexibility index (Phi) is 3.69. The Bertz CT molecular complexity index is 354. The maximum Gasteiger partial charge on any atom is 0.231 e. The fourth-order valence-corrected chi connectivity index (χ4v) is 0.891. The first kappa shape index (κ1) is 9.97. The van der Waals surface area contributed by atoms with E-state index in [0.29, 0.717) is 12.1 Å². The molecule has 68 valence electrons. The van der Waals surface area contributed by atoms with Gasteiger partial charge in [0.2, 0.25) is 5.95 Å². The molecule has 1 N–H and O–H groups in total. The molecule has 0 radical (unpaired) electrons. The molecule has 0 fully saturated rings. The molecule has 0 aliphatic rings. The largest absolute Gasteiger partial charge is 0.309 e. The van der Waals surface area contributed by atoms with Gasteiger partial charge in [0.25, 0.3) is 0 Å². The zero-order valence-electron chi connectivity index (χ0n) is 7.06. The number of hydrogen-bond donors (Lipinski definition) is 1.